The van der Waals surface area contributed by atoms with Gasteiger partial charge in [0, 0.05) is 0 Å². The molecule has 0 saturated carbocycles. The summed E-state index contributed by atoms with van der Waals surface area (Å²) in [4.78, 5) is 25.1. The Labute approximate surface area is 116 Å². The predicted molar refractivity (Wildman–Crippen MR) is 72.9 cm³/mol. The lowest BCUT2D eigenvalue weighted by atomic mass is 9.73. The molecule has 2 amide bonds. The molecule has 2 aliphatic rings. The van der Waals surface area contributed by atoms with Crippen LogP contribution in [0.4, 0.5) is 5.69 Å². The number of amides is 2. The summed E-state index contributed by atoms with van der Waals surface area (Å²) in [5.41, 5.74) is 1.47. The Morgan fingerprint density at radius 2 is 1.75 bits per heavy atom. The van der Waals surface area contributed by atoms with Crippen LogP contribution in [0.2, 0.25) is 0 Å². The molecule has 1 saturated heterocycles. The maximum Gasteiger partial charge on any atom is 0.276 e. The standard InChI is InChI=1S/C14H16N4O2/c1-13(2)10-11(19)15-18(9-7-5-4-6-8-9)12(20)14(10,3)17-16-13/h4-8,10H,1-3H3,(H,15,19). The van der Waals surface area contributed by atoms with Gasteiger partial charge in [0.25, 0.3) is 5.91 Å². The fourth-order valence-corrected chi connectivity index (χ4v) is 2.99. The molecule has 0 radical (unpaired) electrons. The van der Waals surface area contributed by atoms with Gasteiger partial charge in [-0.1, -0.05) is 18.2 Å². The molecule has 0 aromatic heterocycles. The van der Waals surface area contributed by atoms with Crippen LogP contribution in [0.3, 0.4) is 0 Å². The Kier molecular flexibility index (Phi) is 2.48. The van der Waals surface area contributed by atoms with Gasteiger partial charge in [0.05, 0.1) is 11.2 Å². The Bertz CT molecular complexity index is 611. The van der Waals surface area contributed by atoms with Gasteiger partial charge in [0.1, 0.15) is 5.92 Å². The molecule has 1 N–H and O–H groups in total. The van der Waals surface area contributed by atoms with Crippen LogP contribution in [0.5, 0.6) is 0 Å². The van der Waals surface area contributed by atoms with Gasteiger partial charge in [-0.2, -0.15) is 10.2 Å². The first kappa shape index (κ1) is 12.8. The molecule has 2 atom stereocenters. The summed E-state index contributed by atoms with van der Waals surface area (Å²) < 4.78 is 0. The molecule has 3 rings (SSSR count). The largest absolute Gasteiger partial charge is 0.276 e. The number of carbonyl (C=O) groups excluding carboxylic acids is 2. The van der Waals surface area contributed by atoms with E-state index in [-0.39, 0.29) is 11.8 Å². The van der Waals surface area contributed by atoms with E-state index >= 15 is 0 Å². The van der Waals surface area contributed by atoms with Crippen LogP contribution in [0.1, 0.15) is 20.8 Å². The van der Waals surface area contributed by atoms with E-state index in [2.05, 4.69) is 15.7 Å². The molecule has 2 aliphatic heterocycles. The SMILES string of the molecule is CC1(C)N=NC2(C)C(=O)N(c3ccccc3)NC(=O)C12. The van der Waals surface area contributed by atoms with Crippen LogP contribution < -0.4 is 10.4 Å². The van der Waals surface area contributed by atoms with Gasteiger partial charge in [0.2, 0.25) is 5.91 Å². The van der Waals surface area contributed by atoms with E-state index in [1.807, 2.05) is 32.0 Å². The van der Waals surface area contributed by atoms with Crippen LogP contribution >= 0.6 is 0 Å². The average molecular weight is 272 g/mol. The van der Waals surface area contributed by atoms with Gasteiger partial charge < -0.3 is 0 Å². The van der Waals surface area contributed by atoms with E-state index in [0.29, 0.717) is 5.69 Å². The Morgan fingerprint density at radius 1 is 1.10 bits per heavy atom. The minimum absolute atomic E-state index is 0.231. The molecule has 6 nitrogen and oxygen atoms in total. The summed E-state index contributed by atoms with van der Waals surface area (Å²) in [5.74, 6) is -1.07. The third-order valence-electron chi connectivity index (χ3n) is 3.92. The van der Waals surface area contributed by atoms with Gasteiger partial charge in [0.15, 0.2) is 5.54 Å². The molecule has 1 aromatic rings. The quantitative estimate of drug-likeness (QED) is 0.844. The second-order valence-electron chi connectivity index (χ2n) is 5.89. The zero-order valence-corrected chi connectivity index (χ0v) is 11.6. The molecule has 1 aromatic carbocycles. The number of anilines is 1. The van der Waals surface area contributed by atoms with Crippen LogP contribution in [0.15, 0.2) is 40.6 Å². The number of fused-ring (bicyclic) bond motifs is 1. The van der Waals surface area contributed by atoms with Crippen LogP contribution in [0, 0.1) is 5.92 Å². The zero-order valence-electron chi connectivity index (χ0n) is 11.6. The first-order chi connectivity index (χ1) is 9.36. The fourth-order valence-electron chi connectivity index (χ4n) is 2.99. The van der Waals surface area contributed by atoms with E-state index in [9.17, 15) is 9.59 Å². The molecule has 20 heavy (non-hydrogen) atoms. The number of benzene rings is 1. The minimum Gasteiger partial charge on any atom is -0.273 e. The van der Waals surface area contributed by atoms with Crippen molar-refractivity contribution in [2.45, 2.75) is 31.8 Å². The van der Waals surface area contributed by atoms with E-state index in [0.717, 1.165) is 0 Å². The fraction of sp³-hybridized carbons (Fsp3) is 0.429. The molecule has 1 fully saturated rings. The summed E-state index contributed by atoms with van der Waals surface area (Å²) >= 11 is 0. The van der Waals surface area contributed by atoms with Crippen molar-refractivity contribution in [3.63, 3.8) is 0 Å². The molecular formula is C14H16N4O2. The number of hydrogen-bond donors (Lipinski definition) is 1. The van der Waals surface area contributed by atoms with Gasteiger partial charge in [-0.3, -0.25) is 15.0 Å². The van der Waals surface area contributed by atoms with Crippen molar-refractivity contribution in [1.82, 2.24) is 5.43 Å². The molecule has 6 heteroatoms. The predicted octanol–water partition coefficient (Wildman–Crippen LogP) is 1.68. The highest BCUT2D eigenvalue weighted by Gasteiger charge is 2.62. The average Bonchev–Trinajstić information content (AvgIpc) is 2.67. The van der Waals surface area contributed by atoms with Crippen molar-refractivity contribution < 1.29 is 9.59 Å². The topological polar surface area (TPSA) is 74.1 Å². The van der Waals surface area contributed by atoms with Crippen LogP contribution in [-0.2, 0) is 9.59 Å². The molecule has 0 aliphatic carbocycles. The number of azo groups is 1. The van der Waals surface area contributed by atoms with Gasteiger partial charge in [-0.15, -0.1) is 0 Å². The number of para-hydroxylation sites is 1. The summed E-state index contributed by atoms with van der Waals surface area (Å²) in [7, 11) is 0. The van der Waals surface area contributed by atoms with E-state index in [1.54, 1.807) is 19.1 Å². The Morgan fingerprint density at radius 3 is 2.40 bits per heavy atom. The highest BCUT2D eigenvalue weighted by molar-refractivity contribution is 6.09. The maximum absolute atomic E-state index is 12.7. The van der Waals surface area contributed by atoms with Crippen molar-refractivity contribution in [1.29, 1.82) is 0 Å². The molecule has 0 spiro atoms. The maximum atomic E-state index is 12.7. The first-order valence-corrected chi connectivity index (χ1v) is 6.50. The lowest BCUT2D eigenvalue weighted by Gasteiger charge is -2.41. The number of hydrazine groups is 1. The molecular weight excluding hydrogens is 256 g/mol. The smallest absolute Gasteiger partial charge is 0.273 e. The third kappa shape index (κ3) is 1.57. The van der Waals surface area contributed by atoms with Crippen molar-refractivity contribution in [2.24, 2.45) is 16.1 Å². The monoisotopic (exact) mass is 272 g/mol. The normalized spacial score (nSPS) is 31.1. The lowest BCUT2D eigenvalue weighted by Crippen LogP contribution is -2.68. The van der Waals surface area contributed by atoms with Crippen molar-refractivity contribution in [2.75, 3.05) is 5.01 Å². The van der Waals surface area contributed by atoms with E-state index < -0.39 is 17.0 Å². The van der Waals surface area contributed by atoms with Crippen LogP contribution in [0.25, 0.3) is 0 Å². The number of nitrogens with zero attached hydrogens (tertiary/aromatic N) is 3. The van der Waals surface area contributed by atoms with Crippen molar-refractivity contribution in [3.05, 3.63) is 30.3 Å². The van der Waals surface area contributed by atoms with E-state index in [4.69, 9.17) is 0 Å². The summed E-state index contributed by atoms with van der Waals surface area (Å²) in [5, 5.41) is 9.52. The van der Waals surface area contributed by atoms with Gasteiger partial charge in [-0.25, -0.2) is 5.01 Å². The van der Waals surface area contributed by atoms with Crippen molar-refractivity contribution in [3.8, 4) is 0 Å². The third-order valence-corrected chi connectivity index (χ3v) is 3.92. The lowest BCUT2D eigenvalue weighted by molar-refractivity contribution is -0.141. The minimum atomic E-state index is -1.14. The summed E-state index contributed by atoms with van der Waals surface area (Å²) in [6, 6.07) is 8.99. The molecule has 2 unspecified atom stereocenters. The number of nitrogens with one attached hydrogen (secondary N) is 1. The van der Waals surface area contributed by atoms with E-state index in [1.165, 1.54) is 5.01 Å². The number of hydrogen-bond acceptors (Lipinski definition) is 4. The van der Waals surface area contributed by atoms with Gasteiger partial charge in [-0.05, 0) is 32.9 Å². The second-order valence-corrected chi connectivity index (χ2v) is 5.89. The Balaban J connectivity index is 2.04. The van der Waals surface area contributed by atoms with Crippen LogP contribution in [-0.4, -0.2) is 22.9 Å². The molecule has 0 bridgehead atoms. The Hall–Kier alpha value is -2.24. The van der Waals surface area contributed by atoms with Crippen molar-refractivity contribution >= 4 is 17.5 Å². The highest BCUT2D eigenvalue weighted by Crippen LogP contribution is 2.44. The summed E-state index contributed by atoms with van der Waals surface area (Å²) in [6.07, 6.45) is 0. The number of carbonyl (C=O) groups is 2. The first-order valence-electron chi connectivity index (χ1n) is 6.50. The summed E-state index contributed by atoms with van der Waals surface area (Å²) in [6.45, 7) is 5.31. The second kappa shape index (κ2) is 3.88. The zero-order chi connectivity index (χ0) is 14.5. The highest BCUT2D eigenvalue weighted by atomic mass is 16.2. The molecule has 104 valence electrons. The molecule has 2 heterocycles. The van der Waals surface area contributed by atoms with Gasteiger partial charge >= 0.3 is 0 Å². The number of rotatable bonds is 1.